The molecule has 1 heterocycles. The zero-order chi connectivity index (χ0) is 14.7. The maximum Gasteiger partial charge on any atom is 0.256 e. The highest BCUT2D eigenvalue weighted by molar-refractivity contribution is 6.06. The van der Waals surface area contributed by atoms with Crippen LogP contribution in [0.15, 0.2) is 30.6 Å². The summed E-state index contributed by atoms with van der Waals surface area (Å²) in [5.74, 6) is -0.844. The quantitative estimate of drug-likeness (QED) is 0.758. The predicted molar refractivity (Wildman–Crippen MR) is 74.1 cm³/mol. The lowest BCUT2D eigenvalue weighted by molar-refractivity contribution is 0.1000. The number of nitrogen functional groups attached to an aromatic ring is 1. The van der Waals surface area contributed by atoms with Crippen LogP contribution >= 0.6 is 0 Å². The Kier molecular flexibility index (Phi) is 3.60. The summed E-state index contributed by atoms with van der Waals surface area (Å²) in [5, 5.41) is 2.62. The molecule has 1 aromatic carbocycles. The number of nitrogens with zero attached hydrogens (tertiary/aromatic N) is 2. The zero-order valence-electron chi connectivity index (χ0n) is 10.8. The molecule has 2 rings (SSSR count). The Bertz CT molecular complexity index is 667. The van der Waals surface area contributed by atoms with E-state index in [2.05, 4.69) is 15.3 Å². The minimum absolute atomic E-state index is 0.120. The normalized spacial score (nSPS) is 10.1. The van der Waals surface area contributed by atoms with Crippen molar-refractivity contribution in [2.75, 3.05) is 11.1 Å². The largest absolute Gasteiger partial charge is 0.368 e. The van der Waals surface area contributed by atoms with E-state index in [4.69, 9.17) is 11.5 Å². The molecule has 2 aromatic rings. The van der Waals surface area contributed by atoms with Crippen molar-refractivity contribution in [3.8, 4) is 0 Å². The maximum absolute atomic E-state index is 12.1. The standard InChI is InChI=1S/C13H13N5O2/c1-7-2-3-8(11(14)19)4-10(7)12(20)18-9-5-16-13(15)17-6-9/h2-6H,1H3,(H2,14,19)(H,18,20)(H2,15,16,17). The van der Waals surface area contributed by atoms with Crippen molar-refractivity contribution in [3.05, 3.63) is 47.3 Å². The second kappa shape index (κ2) is 5.35. The summed E-state index contributed by atoms with van der Waals surface area (Å²) in [6.45, 7) is 1.76. The highest BCUT2D eigenvalue weighted by Gasteiger charge is 2.12. The molecule has 0 bridgehead atoms. The Hall–Kier alpha value is -2.96. The van der Waals surface area contributed by atoms with Crippen LogP contribution in [0.5, 0.6) is 0 Å². The smallest absolute Gasteiger partial charge is 0.256 e. The van der Waals surface area contributed by atoms with Crippen LogP contribution in [0.3, 0.4) is 0 Å². The van der Waals surface area contributed by atoms with Gasteiger partial charge in [0.15, 0.2) is 0 Å². The molecule has 0 aliphatic carbocycles. The Morgan fingerprint density at radius 1 is 1.20 bits per heavy atom. The topological polar surface area (TPSA) is 124 Å². The molecule has 0 radical (unpaired) electrons. The molecule has 7 heteroatoms. The van der Waals surface area contributed by atoms with E-state index in [1.807, 2.05) is 0 Å². The number of nitrogens with one attached hydrogen (secondary N) is 1. The van der Waals surface area contributed by atoms with E-state index in [9.17, 15) is 9.59 Å². The number of nitrogens with two attached hydrogens (primary N) is 2. The van der Waals surface area contributed by atoms with Crippen molar-refractivity contribution in [1.82, 2.24) is 9.97 Å². The molecule has 0 fully saturated rings. The van der Waals surface area contributed by atoms with E-state index in [1.54, 1.807) is 19.1 Å². The van der Waals surface area contributed by atoms with Gasteiger partial charge in [-0.2, -0.15) is 0 Å². The second-order valence-corrected chi connectivity index (χ2v) is 4.18. The molecule has 0 saturated heterocycles. The molecular formula is C13H13N5O2. The van der Waals surface area contributed by atoms with Gasteiger partial charge in [-0.25, -0.2) is 9.97 Å². The van der Waals surface area contributed by atoms with Gasteiger partial charge < -0.3 is 16.8 Å². The summed E-state index contributed by atoms with van der Waals surface area (Å²) < 4.78 is 0. The SMILES string of the molecule is Cc1ccc(C(N)=O)cc1C(=O)Nc1cnc(N)nc1. The number of carbonyl (C=O) groups excluding carboxylic acids is 2. The predicted octanol–water partition coefficient (Wildman–Crippen LogP) is 0.718. The van der Waals surface area contributed by atoms with Gasteiger partial charge in [0.2, 0.25) is 11.9 Å². The van der Waals surface area contributed by atoms with Crippen molar-refractivity contribution in [2.24, 2.45) is 5.73 Å². The monoisotopic (exact) mass is 271 g/mol. The van der Waals surface area contributed by atoms with E-state index in [1.165, 1.54) is 18.5 Å². The third kappa shape index (κ3) is 2.89. The molecule has 7 nitrogen and oxygen atoms in total. The van der Waals surface area contributed by atoms with Crippen molar-refractivity contribution in [1.29, 1.82) is 0 Å². The van der Waals surface area contributed by atoms with E-state index >= 15 is 0 Å². The van der Waals surface area contributed by atoms with Crippen LogP contribution in [0.1, 0.15) is 26.3 Å². The fourth-order valence-electron chi connectivity index (χ4n) is 1.62. The fourth-order valence-corrected chi connectivity index (χ4v) is 1.62. The zero-order valence-corrected chi connectivity index (χ0v) is 10.8. The summed E-state index contributed by atoms with van der Waals surface area (Å²) in [5.41, 5.74) is 12.3. The third-order valence-electron chi connectivity index (χ3n) is 2.70. The number of carbonyl (C=O) groups is 2. The van der Waals surface area contributed by atoms with Gasteiger partial charge in [-0.05, 0) is 24.6 Å². The highest BCUT2D eigenvalue weighted by Crippen LogP contribution is 2.14. The van der Waals surface area contributed by atoms with Gasteiger partial charge in [0.1, 0.15) is 0 Å². The Balaban J connectivity index is 2.26. The number of primary amides is 1. The average molecular weight is 271 g/mol. The number of hydrogen-bond donors (Lipinski definition) is 3. The molecule has 20 heavy (non-hydrogen) atoms. The molecule has 5 N–H and O–H groups in total. The second-order valence-electron chi connectivity index (χ2n) is 4.18. The van der Waals surface area contributed by atoms with Gasteiger partial charge in [-0.3, -0.25) is 9.59 Å². The molecule has 0 unspecified atom stereocenters. The maximum atomic E-state index is 12.1. The number of aryl methyl sites for hydroxylation is 1. The number of benzene rings is 1. The molecule has 2 amide bonds. The molecule has 0 aliphatic rings. The summed E-state index contributed by atoms with van der Waals surface area (Å²) in [6, 6.07) is 4.68. The first-order valence-electron chi connectivity index (χ1n) is 5.76. The fraction of sp³-hybridized carbons (Fsp3) is 0.0769. The van der Waals surface area contributed by atoms with Gasteiger partial charge in [0, 0.05) is 11.1 Å². The number of hydrogen-bond acceptors (Lipinski definition) is 5. The number of anilines is 2. The number of amides is 2. The van der Waals surface area contributed by atoms with Crippen LogP contribution in [0.2, 0.25) is 0 Å². The molecule has 0 aliphatic heterocycles. The van der Waals surface area contributed by atoms with Crippen LogP contribution in [0.4, 0.5) is 11.6 Å². The van der Waals surface area contributed by atoms with Gasteiger partial charge in [0.25, 0.3) is 5.91 Å². The summed E-state index contributed by atoms with van der Waals surface area (Å²) in [6.07, 6.45) is 2.79. The van der Waals surface area contributed by atoms with Crippen LogP contribution in [0.25, 0.3) is 0 Å². The molecular weight excluding hydrogens is 258 g/mol. The Labute approximate surface area is 115 Å². The molecule has 102 valence electrons. The van der Waals surface area contributed by atoms with E-state index < -0.39 is 5.91 Å². The summed E-state index contributed by atoms with van der Waals surface area (Å²) in [7, 11) is 0. The van der Waals surface area contributed by atoms with E-state index in [-0.39, 0.29) is 17.4 Å². The molecule has 0 atom stereocenters. The lowest BCUT2D eigenvalue weighted by atomic mass is 10.0. The lowest BCUT2D eigenvalue weighted by Crippen LogP contribution is -2.17. The first kappa shape index (κ1) is 13.5. The molecule has 0 saturated carbocycles. The highest BCUT2D eigenvalue weighted by atomic mass is 16.2. The van der Waals surface area contributed by atoms with Gasteiger partial charge in [-0.1, -0.05) is 6.07 Å². The number of aromatic nitrogens is 2. The Morgan fingerprint density at radius 3 is 2.45 bits per heavy atom. The number of rotatable bonds is 3. The minimum Gasteiger partial charge on any atom is -0.368 e. The van der Waals surface area contributed by atoms with Gasteiger partial charge in [0.05, 0.1) is 18.1 Å². The van der Waals surface area contributed by atoms with Crippen LogP contribution in [-0.4, -0.2) is 21.8 Å². The van der Waals surface area contributed by atoms with Crippen molar-refractivity contribution in [2.45, 2.75) is 6.92 Å². The van der Waals surface area contributed by atoms with Crippen LogP contribution in [-0.2, 0) is 0 Å². The lowest BCUT2D eigenvalue weighted by Gasteiger charge is -2.08. The Morgan fingerprint density at radius 2 is 1.85 bits per heavy atom. The first-order chi connectivity index (χ1) is 9.47. The van der Waals surface area contributed by atoms with Crippen molar-refractivity contribution in [3.63, 3.8) is 0 Å². The van der Waals surface area contributed by atoms with E-state index in [0.717, 1.165) is 5.56 Å². The summed E-state index contributed by atoms with van der Waals surface area (Å²) in [4.78, 5) is 30.8. The first-order valence-corrected chi connectivity index (χ1v) is 5.76. The van der Waals surface area contributed by atoms with E-state index in [0.29, 0.717) is 11.3 Å². The van der Waals surface area contributed by atoms with Gasteiger partial charge in [-0.15, -0.1) is 0 Å². The average Bonchev–Trinajstić information content (AvgIpc) is 2.41. The van der Waals surface area contributed by atoms with Crippen LogP contribution < -0.4 is 16.8 Å². The minimum atomic E-state index is -0.588. The van der Waals surface area contributed by atoms with Crippen molar-refractivity contribution < 1.29 is 9.59 Å². The van der Waals surface area contributed by atoms with Crippen molar-refractivity contribution >= 4 is 23.5 Å². The molecule has 1 aromatic heterocycles. The molecule has 0 spiro atoms. The third-order valence-corrected chi connectivity index (χ3v) is 2.70. The van der Waals surface area contributed by atoms with Crippen LogP contribution in [0, 0.1) is 6.92 Å². The van der Waals surface area contributed by atoms with Gasteiger partial charge >= 0.3 is 0 Å². The summed E-state index contributed by atoms with van der Waals surface area (Å²) >= 11 is 0.